The van der Waals surface area contributed by atoms with E-state index in [0.29, 0.717) is 6.54 Å². The lowest BCUT2D eigenvalue weighted by molar-refractivity contribution is -0.136. The van der Waals surface area contributed by atoms with Crippen molar-refractivity contribution in [1.29, 1.82) is 0 Å². The van der Waals surface area contributed by atoms with Gasteiger partial charge in [-0.1, -0.05) is 18.2 Å². The molecule has 92 valence electrons. The fourth-order valence-electron chi connectivity index (χ4n) is 2.00. The zero-order chi connectivity index (χ0) is 12.3. The molecule has 2 rings (SSSR count). The third-order valence-electron chi connectivity index (χ3n) is 2.94. The maximum atomic E-state index is 12.0. The summed E-state index contributed by atoms with van der Waals surface area (Å²) >= 11 is 0. The van der Waals surface area contributed by atoms with Crippen LogP contribution in [0.4, 0.5) is 0 Å². The molecule has 1 aliphatic heterocycles. The van der Waals surface area contributed by atoms with Crippen molar-refractivity contribution in [2.75, 3.05) is 13.1 Å². The smallest absolute Gasteiger partial charge is 0.263 e. The predicted molar refractivity (Wildman–Crippen MR) is 65.7 cm³/mol. The van der Waals surface area contributed by atoms with Gasteiger partial charge in [-0.15, -0.1) is 0 Å². The number of likely N-dealkylation sites (tertiary alicyclic amines) is 1. The van der Waals surface area contributed by atoms with E-state index in [2.05, 4.69) is 0 Å². The summed E-state index contributed by atoms with van der Waals surface area (Å²) in [5.41, 5.74) is 5.78. The molecule has 1 fully saturated rings. The van der Waals surface area contributed by atoms with Crippen LogP contribution in [0.3, 0.4) is 0 Å². The molecule has 1 amide bonds. The Morgan fingerprint density at radius 3 is 2.76 bits per heavy atom. The van der Waals surface area contributed by atoms with Gasteiger partial charge in [0, 0.05) is 19.1 Å². The van der Waals surface area contributed by atoms with Crippen LogP contribution in [0.5, 0.6) is 5.75 Å². The average Bonchev–Trinajstić information content (AvgIpc) is 2.76. The highest BCUT2D eigenvalue weighted by Gasteiger charge is 2.27. The minimum atomic E-state index is -0.456. The van der Waals surface area contributed by atoms with Crippen LogP contribution < -0.4 is 10.5 Å². The molecule has 1 aromatic rings. The molecule has 2 N–H and O–H groups in total. The maximum Gasteiger partial charge on any atom is 0.263 e. The van der Waals surface area contributed by atoms with E-state index in [1.807, 2.05) is 30.3 Å². The normalized spacial score (nSPS) is 21.3. The van der Waals surface area contributed by atoms with Crippen LogP contribution in [0.15, 0.2) is 30.3 Å². The molecule has 0 radical (unpaired) electrons. The first-order chi connectivity index (χ1) is 8.16. The highest BCUT2D eigenvalue weighted by Crippen LogP contribution is 2.14. The first kappa shape index (κ1) is 11.9. The fourth-order valence-corrected chi connectivity index (χ4v) is 2.00. The van der Waals surface area contributed by atoms with E-state index in [0.717, 1.165) is 18.7 Å². The van der Waals surface area contributed by atoms with Gasteiger partial charge in [-0.25, -0.2) is 0 Å². The Hall–Kier alpha value is -1.55. The van der Waals surface area contributed by atoms with E-state index in [1.54, 1.807) is 11.8 Å². The molecule has 4 nitrogen and oxygen atoms in total. The molecule has 1 aliphatic rings. The minimum Gasteiger partial charge on any atom is -0.481 e. The summed E-state index contributed by atoms with van der Waals surface area (Å²) in [4.78, 5) is 13.8. The van der Waals surface area contributed by atoms with Gasteiger partial charge in [0.2, 0.25) is 0 Å². The summed E-state index contributed by atoms with van der Waals surface area (Å²) < 4.78 is 5.59. The van der Waals surface area contributed by atoms with Crippen molar-refractivity contribution >= 4 is 5.91 Å². The van der Waals surface area contributed by atoms with Crippen LogP contribution in [0.25, 0.3) is 0 Å². The Kier molecular flexibility index (Phi) is 3.64. The van der Waals surface area contributed by atoms with Crippen molar-refractivity contribution in [1.82, 2.24) is 4.90 Å². The van der Waals surface area contributed by atoms with Gasteiger partial charge >= 0.3 is 0 Å². The first-order valence-electron chi connectivity index (χ1n) is 5.93. The van der Waals surface area contributed by atoms with Crippen LogP contribution in [0.1, 0.15) is 13.3 Å². The number of nitrogens with zero attached hydrogens (tertiary/aromatic N) is 1. The molecule has 17 heavy (non-hydrogen) atoms. The monoisotopic (exact) mass is 234 g/mol. The van der Waals surface area contributed by atoms with Gasteiger partial charge in [-0.3, -0.25) is 4.79 Å². The molecule has 0 aliphatic carbocycles. The number of rotatable bonds is 3. The number of benzene rings is 1. The Morgan fingerprint density at radius 2 is 2.18 bits per heavy atom. The van der Waals surface area contributed by atoms with E-state index in [4.69, 9.17) is 10.5 Å². The summed E-state index contributed by atoms with van der Waals surface area (Å²) in [5.74, 6) is 0.735. The lowest BCUT2D eigenvalue weighted by Crippen LogP contribution is -2.40. The van der Waals surface area contributed by atoms with Crippen LogP contribution in [0.2, 0.25) is 0 Å². The van der Waals surface area contributed by atoms with Crippen LogP contribution in [-0.4, -0.2) is 36.0 Å². The van der Waals surface area contributed by atoms with E-state index in [9.17, 15) is 4.79 Å². The molecular formula is C13H18N2O2. The third kappa shape index (κ3) is 2.97. The maximum absolute atomic E-state index is 12.0. The van der Waals surface area contributed by atoms with Gasteiger partial charge in [-0.05, 0) is 25.5 Å². The van der Waals surface area contributed by atoms with Crippen molar-refractivity contribution in [2.24, 2.45) is 5.73 Å². The van der Waals surface area contributed by atoms with Crippen LogP contribution >= 0.6 is 0 Å². The molecule has 4 heteroatoms. The van der Waals surface area contributed by atoms with Crippen molar-refractivity contribution in [3.8, 4) is 5.75 Å². The Labute approximate surface area is 101 Å². The number of amides is 1. The van der Waals surface area contributed by atoms with Crippen LogP contribution in [0, 0.1) is 0 Å². The Balaban J connectivity index is 1.92. The quantitative estimate of drug-likeness (QED) is 0.849. The predicted octanol–water partition coefficient (Wildman–Crippen LogP) is 1.01. The molecule has 0 spiro atoms. The van der Waals surface area contributed by atoms with E-state index < -0.39 is 6.10 Å². The van der Waals surface area contributed by atoms with Gasteiger partial charge in [-0.2, -0.15) is 0 Å². The summed E-state index contributed by atoms with van der Waals surface area (Å²) in [7, 11) is 0. The molecule has 0 aromatic heterocycles. The zero-order valence-electron chi connectivity index (χ0n) is 10.0. The second kappa shape index (κ2) is 5.19. The number of carbonyl (C=O) groups is 1. The number of nitrogens with two attached hydrogens (primary N) is 1. The molecular weight excluding hydrogens is 216 g/mol. The average molecular weight is 234 g/mol. The summed E-state index contributed by atoms with van der Waals surface area (Å²) in [6.45, 7) is 3.16. The standard InChI is InChI=1S/C13H18N2O2/c1-10(17-12-5-3-2-4-6-12)13(16)15-8-7-11(14)9-15/h2-6,10-11H,7-9,14H2,1H3/t10-,11+/m1/s1. The molecule has 1 heterocycles. The van der Waals surface area contributed by atoms with Gasteiger partial charge in [0.25, 0.3) is 5.91 Å². The lowest BCUT2D eigenvalue weighted by atomic mass is 10.3. The van der Waals surface area contributed by atoms with Crippen molar-refractivity contribution in [2.45, 2.75) is 25.5 Å². The largest absolute Gasteiger partial charge is 0.481 e. The SMILES string of the molecule is C[C@@H](Oc1ccccc1)C(=O)N1CC[C@H](N)C1. The molecule has 1 saturated heterocycles. The second-order valence-corrected chi connectivity index (χ2v) is 4.41. The summed E-state index contributed by atoms with van der Waals surface area (Å²) in [6.07, 6.45) is 0.423. The van der Waals surface area contributed by atoms with Gasteiger partial charge < -0.3 is 15.4 Å². The molecule has 1 aromatic carbocycles. The van der Waals surface area contributed by atoms with E-state index in [-0.39, 0.29) is 11.9 Å². The Bertz CT molecular complexity index is 380. The van der Waals surface area contributed by atoms with Crippen molar-refractivity contribution < 1.29 is 9.53 Å². The first-order valence-corrected chi connectivity index (χ1v) is 5.93. The van der Waals surface area contributed by atoms with Gasteiger partial charge in [0.15, 0.2) is 6.10 Å². The fraction of sp³-hybridized carbons (Fsp3) is 0.462. The van der Waals surface area contributed by atoms with E-state index >= 15 is 0 Å². The topological polar surface area (TPSA) is 55.6 Å². The van der Waals surface area contributed by atoms with E-state index in [1.165, 1.54) is 0 Å². The zero-order valence-corrected chi connectivity index (χ0v) is 10.0. The second-order valence-electron chi connectivity index (χ2n) is 4.41. The number of ether oxygens (including phenoxy) is 1. The number of hydrogen-bond acceptors (Lipinski definition) is 3. The highest BCUT2D eigenvalue weighted by atomic mass is 16.5. The molecule has 0 unspecified atom stereocenters. The molecule has 2 atom stereocenters. The Morgan fingerprint density at radius 1 is 1.47 bits per heavy atom. The minimum absolute atomic E-state index is 0.0156. The number of hydrogen-bond donors (Lipinski definition) is 1. The number of para-hydroxylation sites is 1. The summed E-state index contributed by atoms with van der Waals surface area (Å²) in [5, 5.41) is 0. The van der Waals surface area contributed by atoms with Gasteiger partial charge in [0.05, 0.1) is 0 Å². The summed E-state index contributed by atoms with van der Waals surface area (Å²) in [6, 6.07) is 9.50. The third-order valence-corrected chi connectivity index (χ3v) is 2.94. The van der Waals surface area contributed by atoms with Crippen LogP contribution in [-0.2, 0) is 4.79 Å². The highest BCUT2D eigenvalue weighted by molar-refractivity contribution is 5.81. The van der Waals surface area contributed by atoms with Crippen molar-refractivity contribution in [3.05, 3.63) is 30.3 Å². The number of carbonyl (C=O) groups excluding carboxylic acids is 1. The lowest BCUT2D eigenvalue weighted by Gasteiger charge is -2.21. The van der Waals surface area contributed by atoms with Crippen molar-refractivity contribution in [3.63, 3.8) is 0 Å². The molecule has 0 saturated carbocycles. The van der Waals surface area contributed by atoms with Gasteiger partial charge in [0.1, 0.15) is 5.75 Å². The molecule has 0 bridgehead atoms.